The molecule has 0 radical (unpaired) electrons. The fourth-order valence-electron chi connectivity index (χ4n) is 1.68. The SMILES string of the molecule is CCNc1nc(NC(C)c2ccncc2)nc(OC)n1. The lowest BCUT2D eigenvalue weighted by Gasteiger charge is -2.14. The van der Waals surface area contributed by atoms with Crippen LogP contribution in [0.15, 0.2) is 24.5 Å². The van der Waals surface area contributed by atoms with Crippen LogP contribution in [-0.4, -0.2) is 33.6 Å². The Hall–Kier alpha value is -2.44. The third-order valence-corrected chi connectivity index (χ3v) is 2.68. The average Bonchev–Trinajstić information content (AvgIpc) is 2.48. The van der Waals surface area contributed by atoms with Crippen molar-refractivity contribution in [2.24, 2.45) is 0 Å². The van der Waals surface area contributed by atoms with E-state index in [1.165, 1.54) is 7.11 Å². The summed E-state index contributed by atoms with van der Waals surface area (Å²) in [5.74, 6) is 0.959. The Morgan fingerprint density at radius 1 is 1.15 bits per heavy atom. The molecule has 20 heavy (non-hydrogen) atoms. The molecule has 0 spiro atoms. The molecule has 0 fully saturated rings. The third kappa shape index (κ3) is 3.53. The summed E-state index contributed by atoms with van der Waals surface area (Å²) in [6.07, 6.45) is 3.51. The molecule has 2 aromatic heterocycles. The molecule has 106 valence electrons. The largest absolute Gasteiger partial charge is 0.467 e. The summed E-state index contributed by atoms with van der Waals surface area (Å²) in [5.41, 5.74) is 1.10. The number of nitrogens with zero attached hydrogens (tertiary/aromatic N) is 4. The van der Waals surface area contributed by atoms with E-state index >= 15 is 0 Å². The lowest BCUT2D eigenvalue weighted by atomic mass is 10.1. The summed E-state index contributed by atoms with van der Waals surface area (Å²) < 4.78 is 5.08. The fourth-order valence-corrected chi connectivity index (χ4v) is 1.68. The van der Waals surface area contributed by atoms with Gasteiger partial charge in [0.2, 0.25) is 11.9 Å². The molecule has 2 rings (SSSR count). The number of nitrogens with one attached hydrogen (secondary N) is 2. The monoisotopic (exact) mass is 274 g/mol. The van der Waals surface area contributed by atoms with Crippen LogP contribution in [0.4, 0.5) is 11.9 Å². The van der Waals surface area contributed by atoms with Crippen molar-refractivity contribution in [3.8, 4) is 6.01 Å². The number of anilines is 2. The van der Waals surface area contributed by atoms with Crippen LogP contribution in [-0.2, 0) is 0 Å². The lowest BCUT2D eigenvalue weighted by molar-refractivity contribution is 0.379. The van der Waals surface area contributed by atoms with Gasteiger partial charge < -0.3 is 15.4 Å². The van der Waals surface area contributed by atoms with Gasteiger partial charge >= 0.3 is 6.01 Å². The highest BCUT2D eigenvalue weighted by Crippen LogP contribution is 2.18. The highest BCUT2D eigenvalue weighted by Gasteiger charge is 2.10. The van der Waals surface area contributed by atoms with Gasteiger partial charge in [0.05, 0.1) is 13.2 Å². The van der Waals surface area contributed by atoms with Crippen LogP contribution in [0.5, 0.6) is 6.01 Å². The number of hydrogen-bond acceptors (Lipinski definition) is 7. The van der Waals surface area contributed by atoms with Crippen molar-refractivity contribution in [3.63, 3.8) is 0 Å². The molecule has 2 heterocycles. The molecule has 0 saturated heterocycles. The average molecular weight is 274 g/mol. The quantitative estimate of drug-likeness (QED) is 0.831. The lowest BCUT2D eigenvalue weighted by Crippen LogP contribution is -2.12. The maximum absolute atomic E-state index is 5.08. The van der Waals surface area contributed by atoms with Gasteiger partial charge in [-0.2, -0.15) is 15.0 Å². The van der Waals surface area contributed by atoms with Crippen molar-refractivity contribution < 1.29 is 4.74 Å². The summed E-state index contributed by atoms with van der Waals surface area (Å²) in [6, 6.07) is 4.22. The maximum atomic E-state index is 5.08. The van der Waals surface area contributed by atoms with E-state index in [4.69, 9.17) is 4.74 Å². The van der Waals surface area contributed by atoms with E-state index in [2.05, 4.69) is 30.6 Å². The first kappa shape index (κ1) is 14.0. The first-order chi connectivity index (χ1) is 9.72. The van der Waals surface area contributed by atoms with Crippen LogP contribution < -0.4 is 15.4 Å². The van der Waals surface area contributed by atoms with Crippen molar-refractivity contribution in [2.75, 3.05) is 24.3 Å². The zero-order valence-corrected chi connectivity index (χ0v) is 11.8. The van der Waals surface area contributed by atoms with Crippen LogP contribution >= 0.6 is 0 Å². The smallest absolute Gasteiger partial charge is 0.322 e. The molecule has 1 unspecified atom stereocenters. The summed E-state index contributed by atoms with van der Waals surface area (Å²) in [4.78, 5) is 16.6. The van der Waals surface area contributed by atoms with E-state index in [1.807, 2.05) is 26.0 Å². The molecular formula is C13H18N6O. The second-order valence-electron chi connectivity index (χ2n) is 4.15. The van der Waals surface area contributed by atoms with E-state index in [0.717, 1.165) is 12.1 Å². The molecule has 7 heteroatoms. The summed E-state index contributed by atoms with van der Waals surface area (Å²) >= 11 is 0. The van der Waals surface area contributed by atoms with Crippen molar-refractivity contribution in [1.29, 1.82) is 0 Å². The standard InChI is InChI=1S/C13H18N6O/c1-4-15-11-17-12(19-13(18-11)20-3)16-9(2)10-5-7-14-8-6-10/h5-9H,4H2,1-3H3,(H2,15,16,17,18,19). The number of hydrogen-bond donors (Lipinski definition) is 2. The number of rotatable bonds is 6. The van der Waals surface area contributed by atoms with Crippen LogP contribution in [0, 0.1) is 0 Å². The van der Waals surface area contributed by atoms with Crippen LogP contribution in [0.3, 0.4) is 0 Å². The third-order valence-electron chi connectivity index (χ3n) is 2.68. The highest BCUT2D eigenvalue weighted by atomic mass is 16.5. The van der Waals surface area contributed by atoms with Crippen LogP contribution in [0.2, 0.25) is 0 Å². The Morgan fingerprint density at radius 2 is 1.85 bits per heavy atom. The Balaban J connectivity index is 2.17. The van der Waals surface area contributed by atoms with Gasteiger partial charge in [-0.25, -0.2) is 0 Å². The van der Waals surface area contributed by atoms with Gasteiger partial charge in [0.15, 0.2) is 0 Å². The molecule has 0 amide bonds. The van der Waals surface area contributed by atoms with Crippen LogP contribution in [0.25, 0.3) is 0 Å². The maximum Gasteiger partial charge on any atom is 0.322 e. The number of ether oxygens (including phenoxy) is 1. The van der Waals surface area contributed by atoms with Gasteiger partial charge in [-0.3, -0.25) is 4.98 Å². The van der Waals surface area contributed by atoms with E-state index in [0.29, 0.717) is 11.9 Å². The van der Waals surface area contributed by atoms with Crippen LogP contribution in [0.1, 0.15) is 25.5 Å². The van der Waals surface area contributed by atoms with Gasteiger partial charge in [0.1, 0.15) is 0 Å². The van der Waals surface area contributed by atoms with Gasteiger partial charge in [-0.1, -0.05) is 0 Å². The molecule has 0 aliphatic carbocycles. The molecule has 1 atom stereocenters. The zero-order chi connectivity index (χ0) is 14.4. The highest BCUT2D eigenvalue weighted by molar-refractivity contribution is 5.38. The predicted octanol–water partition coefficient (Wildman–Crippen LogP) is 1.88. The minimum atomic E-state index is 0.0552. The fraction of sp³-hybridized carbons (Fsp3) is 0.385. The molecule has 0 aliphatic rings. The van der Waals surface area contributed by atoms with Gasteiger partial charge in [-0.05, 0) is 31.5 Å². The van der Waals surface area contributed by atoms with Gasteiger partial charge in [-0.15, -0.1) is 0 Å². The van der Waals surface area contributed by atoms with Gasteiger partial charge in [0.25, 0.3) is 0 Å². The zero-order valence-electron chi connectivity index (χ0n) is 11.8. The molecule has 0 aliphatic heterocycles. The molecular weight excluding hydrogens is 256 g/mol. The molecule has 0 saturated carbocycles. The Labute approximate surface area is 117 Å². The van der Waals surface area contributed by atoms with Crippen molar-refractivity contribution in [1.82, 2.24) is 19.9 Å². The predicted molar refractivity (Wildman–Crippen MR) is 76.8 cm³/mol. The van der Waals surface area contributed by atoms with Crippen molar-refractivity contribution in [2.45, 2.75) is 19.9 Å². The van der Waals surface area contributed by atoms with E-state index in [-0.39, 0.29) is 12.1 Å². The first-order valence-electron chi connectivity index (χ1n) is 6.43. The molecule has 2 N–H and O–H groups in total. The topological polar surface area (TPSA) is 84.9 Å². The minimum Gasteiger partial charge on any atom is -0.467 e. The van der Waals surface area contributed by atoms with E-state index in [1.54, 1.807) is 12.4 Å². The second kappa shape index (κ2) is 6.65. The van der Waals surface area contributed by atoms with E-state index in [9.17, 15) is 0 Å². The Kier molecular flexibility index (Phi) is 4.65. The number of aromatic nitrogens is 4. The minimum absolute atomic E-state index is 0.0552. The number of methoxy groups -OCH3 is 1. The Bertz CT molecular complexity index is 548. The second-order valence-corrected chi connectivity index (χ2v) is 4.15. The van der Waals surface area contributed by atoms with Crippen molar-refractivity contribution >= 4 is 11.9 Å². The van der Waals surface area contributed by atoms with Crippen molar-refractivity contribution in [3.05, 3.63) is 30.1 Å². The molecule has 0 aromatic carbocycles. The summed E-state index contributed by atoms with van der Waals surface area (Å²) in [6.45, 7) is 4.73. The number of pyridine rings is 1. The first-order valence-corrected chi connectivity index (χ1v) is 6.43. The molecule has 0 bridgehead atoms. The summed E-state index contributed by atoms with van der Waals surface area (Å²) in [5, 5.41) is 6.27. The Morgan fingerprint density at radius 3 is 2.50 bits per heavy atom. The van der Waals surface area contributed by atoms with Gasteiger partial charge in [0, 0.05) is 18.9 Å². The molecule has 7 nitrogen and oxygen atoms in total. The van der Waals surface area contributed by atoms with E-state index < -0.39 is 0 Å². The molecule has 2 aromatic rings. The normalized spacial score (nSPS) is 11.8. The summed E-state index contributed by atoms with van der Waals surface area (Å²) in [7, 11) is 1.53.